The van der Waals surface area contributed by atoms with Crippen molar-refractivity contribution in [3.05, 3.63) is 65.0 Å². The van der Waals surface area contributed by atoms with Crippen molar-refractivity contribution in [1.82, 2.24) is 4.98 Å². The topological polar surface area (TPSA) is 38.0 Å². The lowest BCUT2D eigenvalue weighted by Gasteiger charge is -2.29. The zero-order valence-corrected chi connectivity index (χ0v) is 9.72. The summed E-state index contributed by atoms with van der Waals surface area (Å²) < 4.78 is 11.6. The quantitative estimate of drug-likeness (QED) is 0.657. The summed E-state index contributed by atoms with van der Waals surface area (Å²) in [5.74, 6) is 0. The third-order valence-corrected chi connectivity index (χ3v) is 4.29. The minimum Gasteiger partial charge on any atom is -0.359 e. The Kier molecular flexibility index (Phi) is 1.36. The summed E-state index contributed by atoms with van der Waals surface area (Å²) in [4.78, 5) is 4.56. The van der Waals surface area contributed by atoms with Crippen molar-refractivity contribution in [3.8, 4) is 0 Å². The molecule has 2 spiro atoms. The highest BCUT2D eigenvalue weighted by Crippen LogP contribution is 2.59. The van der Waals surface area contributed by atoms with Crippen molar-refractivity contribution in [2.24, 2.45) is 0 Å². The van der Waals surface area contributed by atoms with E-state index in [1.165, 1.54) is 16.7 Å². The van der Waals surface area contributed by atoms with E-state index < -0.39 is 0 Å². The van der Waals surface area contributed by atoms with Crippen LogP contribution in [-0.2, 0) is 20.7 Å². The van der Waals surface area contributed by atoms with Gasteiger partial charge < -0.3 is 9.47 Å². The molecule has 2 fully saturated rings. The van der Waals surface area contributed by atoms with E-state index in [2.05, 4.69) is 35.3 Å². The lowest BCUT2D eigenvalue weighted by Crippen LogP contribution is -2.30. The average Bonchev–Trinajstić information content (AvgIpc) is 3.32. The number of fused-ring (bicyclic) bond motifs is 6. The van der Waals surface area contributed by atoms with E-state index in [9.17, 15) is 0 Å². The van der Waals surface area contributed by atoms with Crippen LogP contribution in [-0.4, -0.2) is 18.2 Å². The number of rotatable bonds is 0. The fourth-order valence-electron chi connectivity index (χ4n) is 3.26. The SMILES string of the molecule is c1ccc2c(c1)C1(CO1)c1cccnc1C21CO1. The summed E-state index contributed by atoms with van der Waals surface area (Å²) in [7, 11) is 0. The van der Waals surface area contributed by atoms with Crippen LogP contribution in [0.5, 0.6) is 0 Å². The number of hydrogen-bond donors (Lipinski definition) is 0. The molecular weight excluding hydrogens is 226 g/mol. The Balaban J connectivity index is 1.91. The monoisotopic (exact) mass is 237 g/mol. The highest BCUT2D eigenvalue weighted by Gasteiger charge is 2.64. The van der Waals surface area contributed by atoms with Crippen molar-refractivity contribution in [2.75, 3.05) is 13.2 Å². The molecule has 5 rings (SSSR count). The van der Waals surface area contributed by atoms with Crippen molar-refractivity contribution in [2.45, 2.75) is 11.2 Å². The zero-order chi connectivity index (χ0) is 11.8. The largest absolute Gasteiger partial charge is 0.359 e. The normalized spacial score (nSPS) is 34.2. The van der Waals surface area contributed by atoms with Gasteiger partial charge in [-0.25, -0.2) is 0 Å². The second kappa shape index (κ2) is 2.66. The van der Waals surface area contributed by atoms with Crippen LogP contribution in [0.4, 0.5) is 0 Å². The summed E-state index contributed by atoms with van der Waals surface area (Å²) in [6.45, 7) is 1.48. The number of aromatic nitrogens is 1. The Morgan fingerprint density at radius 3 is 2.11 bits per heavy atom. The molecule has 3 nitrogen and oxygen atoms in total. The molecule has 2 unspecified atom stereocenters. The van der Waals surface area contributed by atoms with Crippen molar-refractivity contribution in [3.63, 3.8) is 0 Å². The fourth-order valence-corrected chi connectivity index (χ4v) is 3.26. The van der Waals surface area contributed by atoms with Gasteiger partial charge in [-0.1, -0.05) is 30.3 Å². The third-order valence-electron chi connectivity index (χ3n) is 4.29. The standard InChI is InChI=1S/C15H11NO2/c1-2-5-11-10(4-1)14(8-17-14)12-6-3-7-16-13(12)15(11)9-18-15/h1-7H,8-9H2. The molecule has 2 atom stereocenters. The maximum atomic E-state index is 5.82. The van der Waals surface area contributed by atoms with Crippen LogP contribution < -0.4 is 0 Å². The Morgan fingerprint density at radius 2 is 1.44 bits per heavy atom. The van der Waals surface area contributed by atoms with Gasteiger partial charge in [0.05, 0.1) is 18.9 Å². The summed E-state index contributed by atoms with van der Waals surface area (Å²) >= 11 is 0. The number of hydrogen-bond acceptors (Lipinski definition) is 3. The van der Waals surface area contributed by atoms with Crippen LogP contribution in [0.2, 0.25) is 0 Å². The molecular formula is C15H11NO2. The number of benzene rings is 1. The second-order valence-electron chi connectivity index (χ2n) is 5.18. The molecule has 18 heavy (non-hydrogen) atoms. The van der Waals surface area contributed by atoms with Crippen LogP contribution in [0.3, 0.4) is 0 Å². The maximum absolute atomic E-state index is 5.82. The molecule has 1 aromatic heterocycles. The van der Waals surface area contributed by atoms with Crippen LogP contribution in [0.25, 0.3) is 0 Å². The molecule has 88 valence electrons. The minimum atomic E-state index is -0.301. The fraction of sp³-hybridized carbons (Fsp3) is 0.267. The van der Waals surface area contributed by atoms with Gasteiger partial charge in [0, 0.05) is 11.8 Å². The molecule has 2 aliphatic heterocycles. The van der Waals surface area contributed by atoms with Gasteiger partial charge in [-0.2, -0.15) is 0 Å². The van der Waals surface area contributed by atoms with Gasteiger partial charge in [0.2, 0.25) is 0 Å². The first-order valence-electron chi connectivity index (χ1n) is 6.21. The summed E-state index contributed by atoms with van der Waals surface area (Å²) in [6, 6.07) is 12.5. The number of ether oxygens (including phenoxy) is 2. The summed E-state index contributed by atoms with van der Waals surface area (Å²) in [5.41, 5.74) is 4.15. The second-order valence-corrected chi connectivity index (χ2v) is 5.18. The van der Waals surface area contributed by atoms with Gasteiger partial charge in [0.25, 0.3) is 0 Å². The first-order chi connectivity index (χ1) is 8.87. The summed E-state index contributed by atoms with van der Waals surface area (Å²) in [6.07, 6.45) is 1.84. The van der Waals surface area contributed by atoms with Crippen LogP contribution >= 0.6 is 0 Å². The third kappa shape index (κ3) is 0.856. The number of nitrogens with zero attached hydrogens (tertiary/aromatic N) is 1. The van der Waals surface area contributed by atoms with Crippen LogP contribution in [0, 0.1) is 0 Å². The average molecular weight is 237 g/mol. The Bertz CT molecular complexity index is 562. The van der Waals surface area contributed by atoms with E-state index in [0.29, 0.717) is 0 Å². The molecule has 3 heterocycles. The molecule has 3 aliphatic rings. The van der Waals surface area contributed by atoms with E-state index in [-0.39, 0.29) is 11.2 Å². The first-order valence-corrected chi connectivity index (χ1v) is 6.21. The first kappa shape index (κ1) is 9.25. The predicted molar refractivity (Wildman–Crippen MR) is 64.1 cm³/mol. The number of epoxide rings is 2. The zero-order valence-electron chi connectivity index (χ0n) is 9.72. The van der Waals surface area contributed by atoms with E-state index in [1.807, 2.05) is 12.3 Å². The van der Waals surface area contributed by atoms with Crippen LogP contribution in [0.1, 0.15) is 22.4 Å². The van der Waals surface area contributed by atoms with Crippen molar-refractivity contribution in [1.29, 1.82) is 0 Å². The van der Waals surface area contributed by atoms with E-state index >= 15 is 0 Å². The molecule has 1 aromatic carbocycles. The van der Waals surface area contributed by atoms with Gasteiger partial charge in [0.1, 0.15) is 5.60 Å². The molecule has 0 amide bonds. The lowest BCUT2D eigenvalue weighted by molar-refractivity contribution is 0.298. The smallest absolute Gasteiger partial charge is 0.159 e. The molecule has 0 saturated carbocycles. The Morgan fingerprint density at radius 1 is 0.833 bits per heavy atom. The molecule has 0 bridgehead atoms. The minimum absolute atomic E-state index is 0.253. The van der Waals surface area contributed by atoms with E-state index in [1.54, 1.807) is 0 Å². The lowest BCUT2D eigenvalue weighted by atomic mass is 9.75. The molecule has 2 saturated heterocycles. The van der Waals surface area contributed by atoms with Crippen molar-refractivity contribution >= 4 is 0 Å². The molecule has 0 radical (unpaired) electrons. The Labute approximate surface area is 104 Å². The van der Waals surface area contributed by atoms with Gasteiger partial charge in [-0.3, -0.25) is 4.98 Å². The molecule has 2 aromatic rings. The molecule has 0 N–H and O–H groups in total. The molecule has 3 heteroatoms. The Hall–Kier alpha value is -1.71. The van der Waals surface area contributed by atoms with E-state index in [4.69, 9.17) is 9.47 Å². The summed E-state index contributed by atoms with van der Waals surface area (Å²) in [5, 5.41) is 0. The molecule has 1 aliphatic carbocycles. The van der Waals surface area contributed by atoms with Gasteiger partial charge >= 0.3 is 0 Å². The number of pyridine rings is 1. The van der Waals surface area contributed by atoms with Crippen LogP contribution in [0.15, 0.2) is 42.6 Å². The highest BCUT2D eigenvalue weighted by atomic mass is 16.6. The van der Waals surface area contributed by atoms with Crippen molar-refractivity contribution < 1.29 is 9.47 Å². The van der Waals surface area contributed by atoms with E-state index in [0.717, 1.165) is 18.9 Å². The predicted octanol–water partition coefficient (Wildman–Crippen LogP) is 1.94. The van der Waals surface area contributed by atoms with Gasteiger partial charge in [-0.05, 0) is 17.2 Å². The van der Waals surface area contributed by atoms with Gasteiger partial charge in [0.15, 0.2) is 5.60 Å². The highest BCUT2D eigenvalue weighted by molar-refractivity contribution is 5.59. The maximum Gasteiger partial charge on any atom is 0.159 e. The van der Waals surface area contributed by atoms with Gasteiger partial charge in [-0.15, -0.1) is 0 Å².